The molecule has 4 rings (SSSR count). The molecule has 0 saturated carbocycles. The van der Waals surface area contributed by atoms with Crippen LogP contribution in [-0.2, 0) is 13.6 Å². The highest BCUT2D eigenvalue weighted by Crippen LogP contribution is 2.32. The van der Waals surface area contributed by atoms with Gasteiger partial charge in [-0.2, -0.15) is 0 Å². The summed E-state index contributed by atoms with van der Waals surface area (Å²) in [7, 11) is 1.92. The lowest BCUT2D eigenvalue weighted by atomic mass is 10.2. The van der Waals surface area contributed by atoms with E-state index in [9.17, 15) is 4.79 Å². The fourth-order valence-corrected chi connectivity index (χ4v) is 3.54. The van der Waals surface area contributed by atoms with Crippen LogP contribution in [0.5, 0.6) is 11.5 Å². The summed E-state index contributed by atoms with van der Waals surface area (Å²) in [6.45, 7) is 0.605. The fraction of sp³-hybridized carbons (Fsp3) is 0.176. The van der Waals surface area contributed by atoms with Gasteiger partial charge in [-0.3, -0.25) is 0 Å². The Bertz CT molecular complexity index is 1010. The number of para-hydroxylation sites is 1. The molecule has 0 bridgehead atoms. The minimum absolute atomic E-state index is 0.234. The average molecular weight is 356 g/mol. The number of hydrogen-bond donors (Lipinski definition) is 2. The van der Waals surface area contributed by atoms with Crippen molar-refractivity contribution in [3.63, 3.8) is 0 Å². The summed E-state index contributed by atoms with van der Waals surface area (Å²) in [5.41, 5.74) is 4.53. The van der Waals surface area contributed by atoms with Gasteiger partial charge in [0.1, 0.15) is 0 Å². The summed E-state index contributed by atoms with van der Waals surface area (Å²) in [6.07, 6.45) is 0. The van der Waals surface area contributed by atoms with Crippen LogP contribution in [0.25, 0.3) is 10.2 Å². The molecule has 1 aliphatic rings. The highest BCUT2D eigenvalue weighted by atomic mass is 32.1. The molecule has 7 nitrogen and oxygen atoms in total. The van der Waals surface area contributed by atoms with E-state index < -0.39 is 0 Å². The second-order valence-electron chi connectivity index (χ2n) is 5.51. The number of urea groups is 1. The third-order valence-electron chi connectivity index (χ3n) is 3.86. The molecular weight excluding hydrogens is 340 g/mol. The number of carbonyl (C=O) groups excluding carboxylic acids is 1. The van der Waals surface area contributed by atoms with Gasteiger partial charge in [0.05, 0.1) is 10.2 Å². The number of carbonyl (C=O) groups is 1. The van der Waals surface area contributed by atoms with Crippen molar-refractivity contribution in [2.45, 2.75) is 6.54 Å². The summed E-state index contributed by atoms with van der Waals surface area (Å²) in [5.74, 6) is 1.42. The van der Waals surface area contributed by atoms with Gasteiger partial charge in [0.25, 0.3) is 0 Å². The summed E-state index contributed by atoms with van der Waals surface area (Å²) < 4.78 is 13.6. The zero-order chi connectivity index (χ0) is 17.2. The van der Waals surface area contributed by atoms with E-state index in [-0.39, 0.29) is 12.8 Å². The van der Waals surface area contributed by atoms with Crippen molar-refractivity contribution in [1.82, 2.24) is 15.3 Å². The molecule has 0 radical (unpaired) electrons. The largest absolute Gasteiger partial charge is 0.454 e. The number of benzene rings is 2. The van der Waals surface area contributed by atoms with E-state index >= 15 is 0 Å². The molecule has 8 heteroatoms. The molecule has 0 aliphatic carbocycles. The number of amides is 2. The van der Waals surface area contributed by atoms with Gasteiger partial charge in [-0.25, -0.2) is 10.2 Å². The van der Waals surface area contributed by atoms with E-state index in [1.807, 2.05) is 54.1 Å². The first-order chi connectivity index (χ1) is 12.2. The standard InChI is InChI=1S/C17H16N4O3S/c1-21-12-4-2-3-5-15(12)25-17(21)20-19-16(22)18-9-11-6-7-13-14(8-11)24-10-23-13/h2-8H,9-10H2,1H3,(H2,18,19,22)/b20-17-. The van der Waals surface area contributed by atoms with E-state index in [4.69, 9.17) is 9.47 Å². The molecule has 3 aromatic rings. The molecular formula is C17H16N4O3S. The predicted molar refractivity (Wildman–Crippen MR) is 94.3 cm³/mol. The molecule has 0 atom stereocenters. The normalized spacial score (nSPS) is 13.2. The van der Waals surface area contributed by atoms with Crippen LogP contribution in [0, 0.1) is 0 Å². The van der Waals surface area contributed by atoms with Crippen LogP contribution < -0.4 is 25.0 Å². The van der Waals surface area contributed by atoms with Crippen molar-refractivity contribution in [3.05, 3.63) is 52.8 Å². The summed E-state index contributed by atoms with van der Waals surface area (Å²) in [4.78, 5) is 12.7. The molecule has 25 heavy (non-hydrogen) atoms. The van der Waals surface area contributed by atoms with Crippen LogP contribution in [0.1, 0.15) is 5.56 Å². The average Bonchev–Trinajstić information content (AvgIpc) is 3.22. The quantitative estimate of drug-likeness (QED) is 0.707. The lowest BCUT2D eigenvalue weighted by Crippen LogP contribution is -2.33. The Morgan fingerprint density at radius 3 is 2.96 bits per heavy atom. The van der Waals surface area contributed by atoms with Crippen LogP contribution in [-0.4, -0.2) is 17.4 Å². The molecule has 0 spiro atoms. The first kappa shape index (κ1) is 15.5. The molecule has 2 amide bonds. The van der Waals surface area contributed by atoms with Crippen molar-refractivity contribution in [2.75, 3.05) is 6.79 Å². The lowest BCUT2D eigenvalue weighted by Gasteiger charge is -2.05. The molecule has 1 aliphatic heterocycles. The Hall–Kier alpha value is -3.00. The van der Waals surface area contributed by atoms with Gasteiger partial charge in [-0.15, -0.1) is 5.10 Å². The Morgan fingerprint density at radius 2 is 2.08 bits per heavy atom. The molecule has 128 valence electrons. The van der Waals surface area contributed by atoms with E-state index in [1.54, 1.807) is 0 Å². The number of thiazole rings is 1. The summed E-state index contributed by atoms with van der Waals surface area (Å²) in [5, 5.41) is 6.96. The fourth-order valence-electron chi connectivity index (χ4n) is 2.56. The Morgan fingerprint density at radius 1 is 1.24 bits per heavy atom. The lowest BCUT2D eigenvalue weighted by molar-refractivity contribution is 0.174. The summed E-state index contributed by atoms with van der Waals surface area (Å²) >= 11 is 1.52. The van der Waals surface area contributed by atoms with Crippen LogP contribution in [0.4, 0.5) is 4.79 Å². The van der Waals surface area contributed by atoms with Crippen LogP contribution in [0.15, 0.2) is 47.6 Å². The highest BCUT2D eigenvalue weighted by Gasteiger charge is 2.13. The van der Waals surface area contributed by atoms with E-state index in [2.05, 4.69) is 15.8 Å². The van der Waals surface area contributed by atoms with Crippen molar-refractivity contribution < 1.29 is 14.3 Å². The number of fused-ring (bicyclic) bond motifs is 2. The van der Waals surface area contributed by atoms with Crippen LogP contribution in [0.2, 0.25) is 0 Å². The second-order valence-corrected chi connectivity index (χ2v) is 6.51. The van der Waals surface area contributed by atoms with E-state index in [1.165, 1.54) is 11.3 Å². The highest BCUT2D eigenvalue weighted by molar-refractivity contribution is 7.16. The van der Waals surface area contributed by atoms with E-state index in [0.29, 0.717) is 12.3 Å². The third kappa shape index (κ3) is 3.16. The molecule has 0 fully saturated rings. The minimum atomic E-state index is -0.366. The Balaban J connectivity index is 1.41. The first-order valence-electron chi connectivity index (χ1n) is 7.71. The summed E-state index contributed by atoms with van der Waals surface area (Å²) in [6, 6.07) is 13.2. The topological polar surface area (TPSA) is 76.9 Å². The van der Waals surface area contributed by atoms with Gasteiger partial charge in [0, 0.05) is 13.6 Å². The van der Waals surface area contributed by atoms with Gasteiger partial charge in [-0.05, 0) is 29.8 Å². The van der Waals surface area contributed by atoms with Gasteiger partial charge in [0.15, 0.2) is 11.5 Å². The third-order valence-corrected chi connectivity index (χ3v) is 4.97. The molecule has 2 aromatic carbocycles. The second kappa shape index (κ2) is 6.48. The number of nitrogens with zero attached hydrogens (tertiary/aromatic N) is 2. The van der Waals surface area contributed by atoms with Crippen molar-refractivity contribution in [2.24, 2.45) is 12.1 Å². The SMILES string of the molecule is Cn1/c(=N/NC(=O)NCc2ccc3c(c2)OCO3)sc2ccccc21. The monoisotopic (exact) mass is 356 g/mol. The van der Waals surface area contributed by atoms with Gasteiger partial charge in [-0.1, -0.05) is 29.5 Å². The van der Waals surface area contributed by atoms with Gasteiger partial charge >= 0.3 is 6.03 Å². The van der Waals surface area contributed by atoms with Crippen LogP contribution in [0.3, 0.4) is 0 Å². The Labute approximate surface area is 147 Å². The maximum Gasteiger partial charge on any atom is 0.335 e. The van der Waals surface area contributed by atoms with Gasteiger partial charge in [0.2, 0.25) is 11.6 Å². The molecule has 0 saturated heterocycles. The van der Waals surface area contributed by atoms with Crippen LogP contribution >= 0.6 is 11.3 Å². The maximum atomic E-state index is 12.0. The minimum Gasteiger partial charge on any atom is -0.454 e. The first-order valence-corrected chi connectivity index (χ1v) is 8.53. The molecule has 2 heterocycles. The Kier molecular flexibility index (Phi) is 4.02. The van der Waals surface area contributed by atoms with Crippen molar-refractivity contribution in [3.8, 4) is 11.5 Å². The van der Waals surface area contributed by atoms with E-state index in [0.717, 1.165) is 26.3 Å². The smallest absolute Gasteiger partial charge is 0.335 e. The number of rotatable bonds is 3. The number of nitrogens with one attached hydrogen (secondary N) is 2. The number of aromatic nitrogens is 1. The number of aryl methyl sites for hydroxylation is 1. The number of ether oxygens (including phenoxy) is 2. The van der Waals surface area contributed by atoms with Gasteiger partial charge < -0.3 is 19.4 Å². The van der Waals surface area contributed by atoms with Crippen molar-refractivity contribution in [1.29, 1.82) is 0 Å². The molecule has 1 aromatic heterocycles. The zero-order valence-corrected chi connectivity index (χ0v) is 14.3. The zero-order valence-electron chi connectivity index (χ0n) is 13.5. The maximum absolute atomic E-state index is 12.0. The number of hydrogen-bond acceptors (Lipinski definition) is 5. The molecule has 0 unspecified atom stereocenters. The predicted octanol–water partition coefficient (Wildman–Crippen LogP) is 2.28. The van der Waals surface area contributed by atoms with Crippen molar-refractivity contribution >= 4 is 27.6 Å². The molecule has 2 N–H and O–H groups in total.